The summed E-state index contributed by atoms with van der Waals surface area (Å²) in [5, 5.41) is 16.9. The first-order valence-electron chi connectivity index (χ1n) is 8.33. The fourth-order valence-electron chi connectivity index (χ4n) is 2.32. The highest BCUT2D eigenvalue weighted by molar-refractivity contribution is 14.0. The molecule has 1 unspecified atom stereocenters. The summed E-state index contributed by atoms with van der Waals surface area (Å²) in [7, 11) is 0. The van der Waals surface area contributed by atoms with Crippen molar-refractivity contribution < 1.29 is 23.0 Å². The number of benzene rings is 1. The molecule has 2 aromatic rings. The molecular weight excluding hydrogens is 507 g/mol. The Morgan fingerprint density at radius 1 is 1.36 bits per heavy atom. The Labute approximate surface area is 184 Å². The Balaban J connectivity index is 0.00000392. The number of furan rings is 1. The zero-order valence-corrected chi connectivity index (χ0v) is 18.5. The minimum absolute atomic E-state index is 0. The Bertz CT molecular complexity index is 759. The average Bonchev–Trinajstić information content (AvgIpc) is 3.14. The molecule has 0 saturated carbocycles. The van der Waals surface area contributed by atoms with Gasteiger partial charge in [0.25, 0.3) is 0 Å². The zero-order valence-electron chi connectivity index (χ0n) is 15.4. The number of guanidine groups is 1. The van der Waals surface area contributed by atoms with E-state index in [4.69, 9.17) is 16.0 Å². The Kier molecular flexibility index (Phi) is 9.97. The second kappa shape index (κ2) is 11.4. The van der Waals surface area contributed by atoms with Crippen LogP contribution in [0.15, 0.2) is 46.0 Å². The highest BCUT2D eigenvalue weighted by Crippen LogP contribution is 2.25. The van der Waals surface area contributed by atoms with E-state index < -0.39 is 12.2 Å². The van der Waals surface area contributed by atoms with Crippen molar-refractivity contribution in [3.05, 3.63) is 52.9 Å². The first-order valence-corrected chi connectivity index (χ1v) is 8.71. The summed E-state index contributed by atoms with van der Waals surface area (Å²) in [4.78, 5) is 4.35. The van der Waals surface area contributed by atoms with Crippen LogP contribution in [0.25, 0.3) is 0 Å². The SMILES string of the molecule is CCNC(=NCc1cc(Cl)ccc1OC(F)F)NCC(C)(O)c1ccco1.I. The molecule has 10 heteroatoms. The number of halogens is 4. The second-order valence-electron chi connectivity index (χ2n) is 5.93. The summed E-state index contributed by atoms with van der Waals surface area (Å²) in [6, 6.07) is 7.72. The highest BCUT2D eigenvalue weighted by Gasteiger charge is 2.26. The minimum Gasteiger partial charge on any atom is -0.466 e. The summed E-state index contributed by atoms with van der Waals surface area (Å²) in [5.41, 5.74) is -0.836. The van der Waals surface area contributed by atoms with E-state index in [2.05, 4.69) is 20.4 Å². The average molecular weight is 530 g/mol. The number of aliphatic imine (C=N–C) groups is 1. The number of hydrogen-bond acceptors (Lipinski definition) is 4. The molecular formula is C18H23ClF2IN3O3. The van der Waals surface area contributed by atoms with E-state index in [1.165, 1.54) is 24.5 Å². The normalized spacial score (nSPS) is 13.6. The standard InChI is InChI=1S/C18H22ClF2N3O3.HI/c1-3-22-17(24-11-18(2,25)15-5-4-8-26-15)23-10-12-9-13(19)6-7-14(12)27-16(20)21;/h4-9,16,25H,3,10-11H2,1-2H3,(H2,22,23,24);1H. The third kappa shape index (κ3) is 7.44. The summed E-state index contributed by atoms with van der Waals surface area (Å²) in [5.74, 6) is 0.817. The van der Waals surface area contributed by atoms with Crippen molar-refractivity contribution in [3.8, 4) is 5.75 Å². The topological polar surface area (TPSA) is 79.0 Å². The van der Waals surface area contributed by atoms with Gasteiger partial charge in [0, 0.05) is 17.1 Å². The molecule has 1 aromatic heterocycles. The van der Waals surface area contributed by atoms with Crippen LogP contribution in [-0.2, 0) is 12.1 Å². The largest absolute Gasteiger partial charge is 0.466 e. The summed E-state index contributed by atoms with van der Waals surface area (Å²) in [6.07, 6.45) is 1.48. The van der Waals surface area contributed by atoms with Gasteiger partial charge in [0.15, 0.2) is 5.96 Å². The molecule has 0 radical (unpaired) electrons. The lowest BCUT2D eigenvalue weighted by Crippen LogP contribution is -2.44. The maximum atomic E-state index is 12.6. The molecule has 156 valence electrons. The molecule has 0 fully saturated rings. The summed E-state index contributed by atoms with van der Waals surface area (Å²) < 4.78 is 34.8. The van der Waals surface area contributed by atoms with Gasteiger partial charge in [0.05, 0.1) is 19.4 Å². The van der Waals surface area contributed by atoms with Crippen LogP contribution in [-0.4, -0.2) is 30.8 Å². The van der Waals surface area contributed by atoms with Crippen molar-refractivity contribution in [1.29, 1.82) is 0 Å². The Hall–Kier alpha value is -1.59. The maximum Gasteiger partial charge on any atom is 0.387 e. The first kappa shape index (κ1) is 24.4. The number of nitrogens with one attached hydrogen (secondary N) is 2. The Morgan fingerprint density at radius 3 is 2.71 bits per heavy atom. The number of rotatable bonds is 8. The molecule has 1 aromatic carbocycles. The minimum atomic E-state index is -2.94. The number of ether oxygens (including phenoxy) is 1. The van der Waals surface area contributed by atoms with Crippen LogP contribution in [0.2, 0.25) is 5.02 Å². The molecule has 3 N–H and O–H groups in total. The van der Waals surface area contributed by atoms with Gasteiger partial charge < -0.3 is 24.9 Å². The Morgan fingerprint density at radius 2 is 2.11 bits per heavy atom. The van der Waals surface area contributed by atoms with E-state index in [9.17, 15) is 13.9 Å². The van der Waals surface area contributed by atoms with Gasteiger partial charge in [-0.2, -0.15) is 8.78 Å². The van der Waals surface area contributed by atoms with Crippen LogP contribution in [0.1, 0.15) is 25.2 Å². The fourth-order valence-corrected chi connectivity index (χ4v) is 2.51. The van der Waals surface area contributed by atoms with Crippen molar-refractivity contribution in [1.82, 2.24) is 10.6 Å². The lowest BCUT2D eigenvalue weighted by molar-refractivity contribution is -0.0504. The zero-order chi connectivity index (χ0) is 19.9. The summed E-state index contributed by atoms with van der Waals surface area (Å²) in [6.45, 7) is 1.30. The first-order chi connectivity index (χ1) is 12.8. The number of nitrogens with zero attached hydrogens (tertiary/aromatic N) is 1. The lowest BCUT2D eigenvalue weighted by Gasteiger charge is -2.22. The second-order valence-corrected chi connectivity index (χ2v) is 6.37. The van der Waals surface area contributed by atoms with Gasteiger partial charge in [-0.05, 0) is 44.2 Å². The highest BCUT2D eigenvalue weighted by atomic mass is 127. The van der Waals surface area contributed by atoms with Crippen LogP contribution >= 0.6 is 35.6 Å². The van der Waals surface area contributed by atoms with Gasteiger partial charge in [-0.15, -0.1) is 24.0 Å². The van der Waals surface area contributed by atoms with Crippen LogP contribution in [0.5, 0.6) is 5.75 Å². The fraction of sp³-hybridized carbons (Fsp3) is 0.389. The molecule has 2 rings (SSSR count). The third-order valence-corrected chi connectivity index (χ3v) is 3.88. The van der Waals surface area contributed by atoms with Crippen molar-refractivity contribution in [2.75, 3.05) is 13.1 Å². The van der Waals surface area contributed by atoms with Crippen molar-refractivity contribution in [2.45, 2.75) is 32.6 Å². The monoisotopic (exact) mass is 529 g/mol. The maximum absolute atomic E-state index is 12.6. The van der Waals surface area contributed by atoms with E-state index >= 15 is 0 Å². The van der Waals surface area contributed by atoms with Crippen molar-refractivity contribution in [3.63, 3.8) is 0 Å². The van der Waals surface area contributed by atoms with Crippen LogP contribution in [0.4, 0.5) is 8.78 Å². The van der Waals surface area contributed by atoms with Gasteiger partial charge in [-0.1, -0.05) is 11.6 Å². The molecule has 6 nitrogen and oxygen atoms in total. The molecule has 0 aliphatic carbocycles. The van der Waals surface area contributed by atoms with Gasteiger partial charge in [0.1, 0.15) is 17.1 Å². The van der Waals surface area contributed by atoms with Crippen LogP contribution in [0, 0.1) is 0 Å². The smallest absolute Gasteiger partial charge is 0.387 e. The molecule has 0 saturated heterocycles. The van der Waals surface area contributed by atoms with Crippen LogP contribution in [0.3, 0.4) is 0 Å². The predicted octanol–water partition coefficient (Wildman–Crippen LogP) is 4.12. The quantitative estimate of drug-likeness (QED) is 0.272. The molecule has 28 heavy (non-hydrogen) atoms. The van der Waals surface area contributed by atoms with E-state index in [0.29, 0.717) is 28.9 Å². The molecule has 0 spiro atoms. The molecule has 0 bridgehead atoms. The predicted molar refractivity (Wildman–Crippen MR) is 115 cm³/mol. The molecule has 0 aliphatic rings. The van der Waals surface area contributed by atoms with E-state index in [1.54, 1.807) is 19.1 Å². The number of hydrogen-bond donors (Lipinski definition) is 3. The van der Waals surface area contributed by atoms with Gasteiger partial charge in [-0.3, -0.25) is 0 Å². The van der Waals surface area contributed by atoms with E-state index in [-0.39, 0.29) is 42.8 Å². The lowest BCUT2D eigenvalue weighted by atomic mass is 10.0. The summed E-state index contributed by atoms with van der Waals surface area (Å²) >= 11 is 5.94. The van der Waals surface area contributed by atoms with Gasteiger partial charge in [0.2, 0.25) is 0 Å². The molecule has 1 atom stereocenters. The van der Waals surface area contributed by atoms with Crippen molar-refractivity contribution in [2.24, 2.45) is 4.99 Å². The number of alkyl halides is 2. The molecule has 0 aliphatic heterocycles. The van der Waals surface area contributed by atoms with Gasteiger partial charge in [-0.25, -0.2) is 4.99 Å². The van der Waals surface area contributed by atoms with Gasteiger partial charge >= 0.3 is 6.61 Å². The van der Waals surface area contributed by atoms with Crippen molar-refractivity contribution >= 4 is 41.5 Å². The van der Waals surface area contributed by atoms with E-state index in [1.807, 2.05) is 6.92 Å². The number of aliphatic hydroxyl groups is 1. The van der Waals surface area contributed by atoms with Crippen LogP contribution < -0.4 is 15.4 Å². The third-order valence-electron chi connectivity index (χ3n) is 3.64. The van der Waals surface area contributed by atoms with E-state index in [0.717, 1.165) is 0 Å². The molecule has 1 heterocycles. The molecule has 0 amide bonds.